The van der Waals surface area contributed by atoms with Gasteiger partial charge in [0.2, 0.25) is 5.65 Å². The number of hydrogen-bond donors (Lipinski definition) is 2. The Morgan fingerprint density at radius 3 is 2.70 bits per heavy atom. The molecular formula is C20H18ClN5O. The Morgan fingerprint density at radius 2 is 1.89 bits per heavy atom. The molecule has 27 heavy (non-hydrogen) atoms. The van der Waals surface area contributed by atoms with E-state index in [9.17, 15) is 0 Å². The summed E-state index contributed by atoms with van der Waals surface area (Å²) in [5, 5.41) is 21.6. The SMILES string of the molecule is OCCNCc1cnc2nn(-c3cccc(-c4ccccc4)c3Cl)nc2c1. The van der Waals surface area contributed by atoms with Gasteiger partial charge in [-0.25, -0.2) is 4.98 Å². The summed E-state index contributed by atoms with van der Waals surface area (Å²) >= 11 is 6.67. The van der Waals surface area contributed by atoms with E-state index in [-0.39, 0.29) is 6.61 Å². The maximum absolute atomic E-state index is 8.86. The third kappa shape index (κ3) is 3.68. The number of fused-ring (bicyclic) bond motifs is 1. The Kier molecular flexibility index (Phi) is 5.11. The molecule has 0 unspecified atom stereocenters. The number of nitrogens with one attached hydrogen (secondary N) is 1. The summed E-state index contributed by atoms with van der Waals surface area (Å²) in [6.45, 7) is 1.25. The standard InChI is InChI=1S/C20H18ClN5O/c21-19-16(15-5-2-1-3-6-15)7-4-8-18(19)26-24-17-11-14(12-22-9-10-27)13-23-20(17)25-26/h1-8,11,13,22,27H,9-10,12H2. The van der Waals surface area contributed by atoms with Crippen molar-refractivity contribution >= 4 is 22.8 Å². The van der Waals surface area contributed by atoms with E-state index in [1.807, 2.05) is 54.6 Å². The van der Waals surface area contributed by atoms with Crippen LogP contribution in [0.4, 0.5) is 0 Å². The maximum Gasteiger partial charge on any atom is 0.202 e. The fraction of sp³-hybridized carbons (Fsp3) is 0.150. The van der Waals surface area contributed by atoms with Crippen molar-refractivity contribution in [1.29, 1.82) is 0 Å². The zero-order valence-electron chi connectivity index (χ0n) is 14.5. The largest absolute Gasteiger partial charge is 0.395 e. The molecule has 0 atom stereocenters. The number of aliphatic hydroxyl groups excluding tert-OH is 1. The summed E-state index contributed by atoms with van der Waals surface area (Å²) in [5.74, 6) is 0. The highest BCUT2D eigenvalue weighted by molar-refractivity contribution is 6.35. The van der Waals surface area contributed by atoms with Crippen molar-refractivity contribution in [2.45, 2.75) is 6.54 Å². The van der Waals surface area contributed by atoms with Crippen LogP contribution < -0.4 is 5.32 Å². The number of nitrogens with zero attached hydrogens (tertiary/aromatic N) is 4. The van der Waals surface area contributed by atoms with E-state index in [4.69, 9.17) is 16.7 Å². The minimum atomic E-state index is 0.0993. The fourth-order valence-corrected chi connectivity index (χ4v) is 3.19. The average Bonchev–Trinajstić information content (AvgIpc) is 3.12. The highest BCUT2D eigenvalue weighted by Crippen LogP contribution is 2.32. The van der Waals surface area contributed by atoms with Crippen LogP contribution in [-0.4, -0.2) is 38.2 Å². The van der Waals surface area contributed by atoms with Crippen LogP contribution in [0.1, 0.15) is 5.56 Å². The lowest BCUT2D eigenvalue weighted by Crippen LogP contribution is -2.17. The number of hydrogen-bond acceptors (Lipinski definition) is 5. The Balaban J connectivity index is 1.70. The van der Waals surface area contributed by atoms with E-state index in [0.29, 0.717) is 35.0 Å². The monoisotopic (exact) mass is 379 g/mol. The molecule has 0 fully saturated rings. The molecular weight excluding hydrogens is 362 g/mol. The van der Waals surface area contributed by atoms with Gasteiger partial charge in [0, 0.05) is 24.8 Å². The number of benzene rings is 2. The predicted octanol–water partition coefficient (Wildman–Crippen LogP) is 3.22. The van der Waals surface area contributed by atoms with Crippen LogP contribution in [0.25, 0.3) is 28.0 Å². The molecule has 136 valence electrons. The molecule has 2 aromatic heterocycles. The summed E-state index contributed by atoms with van der Waals surface area (Å²) in [6, 6.07) is 17.7. The second-order valence-electron chi connectivity index (χ2n) is 6.08. The van der Waals surface area contributed by atoms with Gasteiger partial charge in [-0.15, -0.1) is 15.0 Å². The van der Waals surface area contributed by atoms with Crippen molar-refractivity contribution in [1.82, 2.24) is 25.3 Å². The van der Waals surface area contributed by atoms with Crippen LogP contribution in [-0.2, 0) is 6.54 Å². The molecule has 0 aliphatic carbocycles. The first-order valence-corrected chi connectivity index (χ1v) is 9.02. The van der Waals surface area contributed by atoms with Gasteiger partial charge in [0.25, 0.3) is 0 Å². The van der Waals surface area contributed by atoms with E-state index in [1.54, 1.807) is 6.20 Å². The van der Waals surface area contributed by atoms with Gasteiger partial charge < -0.3 is 10.4 Å². The summed E-state index contributed by atoms with van der Waals surface area (Å²) < 4.78 is 0. The predicted molar refractivity (Wildman–Crippen MR) is 106 cm³/mol. The molecule has 0 saturated carbocycles. The van der Waals surface area contributed by atoms with Crippen molar-refractivity contribution < 1.29 is 5.11 Å². The molecule has 7 heteroatoms. The van der Waals surface area contributed by atoms with Crippen molar-refractivity contribution in [3.63, 3.8) is 0 Å². The van der Waals surface area contributed by atoms with Gasteiger partial charge in [0.05, 0.1) is 11.6 Å². The highest BCUT2D eigenvalue weighted by atomic mass is 35.5. The van der Waals surface area contributed by atoms with Gasteiger partial charge in [0.15, 0.2) is 0 Å². The molecule has 4 rings (SSSR count). The van der Waals surface area contributed by atoms with Crippen LogP contribution in [0.15, 0.2) is 60.8 Å². The third-order valence-electron chi connectivity index (χ3n) is 4.19. The van der Waals surface area contributed by atoms with Crippen molar-refractivity contribution in [2.24, 2.45) is 0 Å². The van der Waals surface area contributed by atoms with E-state index in [2.05, 4.69) is 20.5 Å². The maximum atomic E-state index is 8.86. The zero-order valence-corrected chi connectivity index (χ0v) is 15.3. The summed E-state index contributed by atoms with van der Waals surface area (Å²) in [4.78, 5) is 5.90. The first-order chi connectivity index (χ1) is 13.3. The van der Waals surface area contributed by atoms with E-state index >= 15 is 0 Å². The molecule has 6 nitrogen and oxygen atoms in total. The molecule has 2 N–H and O–H groups in total. The van der Waals surface area contributed by atoms with Crippen molar-refractivity contribution in [3.8, 4) is 16.8 Å². The Bertz CT molecular complexity index is 1060. The van der Waals surface area contributed by atoms with Gasteiger partial charge in [-0.05, 0) is 23.3 Å². The first kappa shape index (κ1) is 17.6. The number of rotatable bonds is 6. The average molecular weight is 380 g/mol. The van der Waals surface area contributed by atoms with Crippen molar-refractivity contribution in [3.05, 3.63) is 71.4 Å². The topological polar surface area (TPSA) is 75.9 Å². The van der Waals surface area contributed by atoms with Crippen LogP contribution in [0, 0.1) is 0 Å². The van der Waals surface area contributed by atoms with Gasteiger partial charge >= 0.3 is 0 Å². The molecule has 0 radical (unpaired) electrons. The second-order valence-corrected chi connectivity index (χ2v) is 6.46. The quantitative estimate of drug-likeness (QED) is 0.503. The third-order valence-corrected chi connectivity index (χ3v) is 4.59. The molecule has 4 aromatic rings. The van der Waals surface area contributed by atoms with Crippen LogP contribution in [0.5, 0.6) is 0 Å². The number of aliphatic hydroxyl groups is 1. The van der Waals surface area contributed by atoms with Gasteiger partial charge in [0.1, 0.15) is 11.2 Å². The number of aromatic nitrogens is 4. The van der Waals surface area contributed by atoms with E-state index in [1.165, 1.54) is 4.80 Å². The Hall–Kier alpha value is -2.80. The molecule has 0 bridgehead atoms. The lowest BCUT2D eigenvalue weighted by molar-refractivity contribution is 0.292. The molecule has 0 amide bonds. The summed E-state index contributed by atoms with van der Waals surface area (Å²) in [7, 11) is 0. The smallest absolute Gasteiger partial charge is 0.202 e. The first-order valence-electron chi connectivity index (χ1n) is 8.64. The number of halogens is 1. The molecule has 0 aliphatic rings. The van der Waals surface area contributed by atoms with E-state index in [0.717, 1.165) is 16.7 Å². The van der Waals surface area contributed by atoms with Gasteiger partial charge in [-0.1, -0.05) is 54.1 Å². The Labute approximate surface area is 161 Å². The normalized spacial score (nSPS) is 11.2. The van der Waals surface area contributed by atoms with Crippen LogP contribution >= 0.6 is 11.6 Å². The Morgan fingerprint density at radius 1 is 1.04 bits per heavy atom. The lowest BCUT2D eigenvalue weighted by atomic mass is 10.1. The number of pyridine rings is 1. The molecule has 0 aliphatic heterocycles. The van der Waals surface area contributed by atoms with Crippen LogP contribution in [0.3, 0.4) is 0 Å². The van der Waals surface area contributed by atoms with Crippen LogP contribution in [0.2, 0.25) is 5.02 Å². The second kappa shape index (κ2) is 7.84. The van der Waals surface area contributed by atoms with Crippen molar-refractivity contribution in [2.75, 3.05) is 13.2 Å². The van der Waals surface area contributed by atoms with Gasteiger partial charge in [-0.2, -0.15) is 0 Å². The minimum Gasteiger partial charge on any atom is -0.395 e. The summed E-state index contributed by atoms with van der Waals surface area (Å²) in [6.07, 6.45) is 1.76. The molecule has 2 aromatic carbocycles. The molecule has 0 saturated heterocycles. The fourth-order valence-electron chi connectivity index (χ4n) is 2.88. The lowest BCUT2D eigenvalue weighted by Gasteiger charge is -2.08. The zero-order chi connectivity index (χ0) is 18.6. The molecule has 2 heterocycles. The minimum absolute atomic E-state index is 0.0993. The summed E-state index contributed by atoms with van der Waals surface area (Å²) in [5.41, 5.74) is 4.90. The highest BCUT2D eigenvalue weighted by Gasteiger charge is 2.13. The van der Waals surface area contributed by atoms with Gasteiger partial charge in [-0.3, -0.25) is 0 Å². The van der Waals surface area contributed by atoms with E-state index < -0.39 is 0 Å². The molecule has 0 spiro atoms.